The summed E-state index contributed by atoms with van der Waals surface area (Å²) in [5.74, 6) is -1.15. The number of carbonyl (C=O) groups excluding carboxylic acids is 1. The summed E-state index contributed by atoms with van der Waals surface area (Å²) in [6.45, 7) is 4.03. The van der Waals surface area contributed by atoms with Gasteiger partial charge in [0.1, 0.15) is 12.4 Å². The van der Waals surface area contributed by atoms with Crippen LogP contribution in [0.5, 0.6) is 5.75 Å². The molecule has 158 valence electrons. The molecule has 4 rings (SSSR count). The fraction of sp³-hybridized carbons (Fsp3) is 0.348. The summed E-state index contributed by atoms with van der Waals surface area (Å²) in [6.07, 6.45) is 4.14. The number of likely N-dealkylation sites (N-methyl/N-ethyl adjacent to an activating group) is 1. The van der Waals surface area contributed by atoms with Crippen LogP contribution in [-0.4, -0.2) is 41.5 Å². The average molecular weight is 413 g/mol. The Morgan fingerprint density at radius 3 is 2.90 bits per heavy atom. The van der Waals surface area contributed by atoms with Crippen molar-refractivity contribution < 1.29 is 18.3 Å². The number of amides is 1. The lowest BCUT2D eigenvalue weighted by atomic mass is 9.95. The van der Waals surface area contributed by atoms with Crippen molar-refractivity contribution in [1.82, 2.24) is 9.88 Å². The van der Waals surface area contributed by atoms with Crippen LogP contribution in [0.25, 0.3) is 10.9 Å². The predicted octanol–water partition coefficient (Wildman–Crippen LogP) is 3.80. The first-order valence-electron chi connectivity index (χ1n) is 10.2. The third kappa shape index (κ3) is 3.89. The van der Waals surface area contributed by atoms with E-state index in [1.165, 1.54) is 18.2 Å². The molecule has 3 aromatic rings. The van der Waals surface area contributed by atoms with Gasteiger partial charge in [-0.2, -0.15) is 0 Å². The smallest absolute Gasteiger partial charge is 0.249 e. The van der Waals surface area contributed by atoms with Crippen LogP contribution in [0.4, 0.5) is 8.78 Å². The van der Waals surface area contributed by atoms with Crippen molar-refractivity contribution >= 4 is 16.8 Å². The molecule has 1 aliphatic heterocycles. The topological polar surface area (TPSA) is 71.3 Å². The van der Waals surface area contributed by atoms with E-state index < -0.39 is 11.7 Å². The summed E-state index contributed by atoms with van der Waals surface area (Å²) in [5, 5.41) is 0.912. The van der Waals surface area contributed by atoms with Gasteiger partial charge >= 0.3 is 0 Å². The number of benzene rings is 2. The third-order valence-electron chi connectivity index (χ3n) is 5.88. The van der Waals surface area contributed by atoms with Crippen molar-refractivity contribution in [3.05, 3.63) is 64.9 Å². The zero-order valence-corrected chi connectivity index (χ0v) is 16.9. The Kier molecular flexibility index (Phi) is 5.72. The molecule has 1 aliphatic rings. The van der Waals surface area contributed by atoms with Gasteiger partial charge < -0.3 is 15.5 Å². The van der Waals surface area contributed by atoms with Gasteiger partial charge in [-0.1, -0.05) is 6.92 Å². The van der Waals surface area contributed by atoms with E-state index in [-0.39, 0.29) is 17.6 Å². The van der Waals surface area contributed by atoms with Gasteiger partial charge in [0.15, 0.2) is 11.6 Å². The van der Waals surface area contributed by atoms with Gasteiger partial charge in [-0.15, -0.1) is 0 Å². The monoisotopic (exact) mass is 413 g/mol. The number of nitrogens with two attached hydrogens (primary N) is 1. The number of ether oxygens (including phenoxy) is 1. The molecule has 2 aromatic carbocycles. The van der Waals surface area contributed by atoms with Crippen molar-refractivity contribution in [1.29, 1.82) is 0 Å². The molecular weight excluding hydrogens is 388 g/mol. The lowest BCUT2D eigenvalue weighted by molar-refractivity contribution is 0.0987. The Labute approximate surface area is 173 Å². The fourth-order valence-electron chi connectivity index (χ4n) is 4.33. The van der Waals surface area contributed by atoms with Crippen molar-refractivity contribution in [2.24, 2.45) is 5.73 Å². The number of aromatic nitrogens is 1. The van der Waals surface area contributed by atoms with Gasteiger partial charge in [0.2, 0.25) is 5.91 Å². The number of primary amides is 1. The van der Waals surface area contributed by atoms with Crippen LogP contribution in [0.2, 0.25) is 0 Å². The molecule has 7 heteroatoms. The quantitative estimate of drug-likeness (QED) is 0.619. The van der Waals surface area contributed by atoms with Gasteiger partial charge in [0, 0.05) is 34.3 Å². The molecule has 1 atom stereocenters. The molecule has 0 saturated carbocycles. The summed E-state index contributed by atoms with van der Waals surface area (Å²) in [7, 11) is 0. The first-order chi connectivity index (χ1) is 14.5. The van der Waals surface area contributed by atoms with Crippen LogP contribution in [-0.2, 0) is 12.8 Å². The first-order valence-corrected chi connectivity index (χ1v) is 10.2. The highest BCUT2D eigenvalue weighted by molar-refractivity contribution is 5.95. The van der Waals surface area contributed by atoms with Crippen LogP contribution >= 0.6 is 0 Å². The minimum atomic E-state index is -0.579. The second kappa shape index (κ2) is 8.44. The summed E-state index contributed by atoms with van der Waals surface area (Å²) < 4.78 is 33.4. The van der Waals surface area contributed by atoms with Gasteiger partial charge in [-0.25, -0.2) is 8.78 Å². The van der Waals surface area contributed by atoms with Crippen LogP contribution in [0.3, 0.4) is 0 Å². The SMILES string of the molecule is CCN(CCCc1c[nH]c2ccc(F)cc12)[C@H]1COc2c(F)ccc(C(N)=O)c2C1. The number of nitrogens with zero attached hydrogens (tertiary/aromatic N) is 1. The molecule has 2 heterocycles. The first kappa shape index (κ1) is 20.3. The van der Waals surface area contributed by atoms with E-state index in [1.807, 2.05) is 6.20 Å². The second-order valence-corrected chi connectivity index (χ2v) is 7.67. The number of halogens is 2. The highest BCUT2D eigenvalue weighted by Crippen LogP contribution is 2.32. The normalized spacial score (nSPS) is 15.9. The number of aryl methyl sites for hydroxylation is 1. The van der Waals surface area contributed by atoms with Crippen molar-refractivity contribution in [2.45, 2.75) is 32.2 Å². The number of rotatable bonds is 7. The van der Waals surface area contributed by atoms with E-state index in [9.17, 15) is 13.6 Å². The Morgan fingerprint density at radius 2 is 2.13 bits per heavy atom. The van der Waals surface area contributed by atoms with E-state index in [1.54, 1.807) is 12.1 Å². The van der Waals surface area contributed by atoms with E-state index >= 15 is 0 Å². The number of carbonyl (C=O) groups is 1. The average Bonchev–Trinajstić information content (AvgIpc) is 3.13. The highest BCUT2D eigenvalue weighted by atomic mass is 19.1. The molecule has 0 unspecified atom stereocenters. The molecule has 0 fully saturated rings. The molecule has 3 N–H and O–H groups in total. The van der Waals surface area contributed by atoms with Crippen molar-refractivity contribution in [3.8, 4) is 5.75 Å². The number of fused-ring (bicyclic) bond motifs is 2. The van der Waals surface area contributed by atoms with E-state index in [0.29, 0.717) is 24.2 Å². The van der Waals surface area contributed by atoms with Gasteiger partial charge in [-0.05, 0) is 68.2 Å². The number of H-pyrrole nitrogens is 1. The zero-order valence-electron chi connectivity index (χ0n) is 16.9. The zero-order chi connectivity index (χ0) is 21.3. The maximum atomic E-state index is 14.1. The number of nitrogens with one attached hydrogen (secondary N) is 1. The summed E-state index contributed by atoms with van der Waals surface area (Å²) >= 11 is 0. The van der Waals surface area contributed by atoms with E-state index in [4.69, 9.17) is 10.5 Å². The van der Waals surface area contributed by atoms with Crippen LogP contribution < -0.4 is 10.5 Å². The van der Waals surface area contributed by atoms with E-state index in [2.05, 4.69) is 16.8 Å². The molecule has 0 radical (unpaired) electrons. The van der Waals surface area contributed by atoms with Crippen LogP contribution in [0.15, 0.2) is 36.5 Å². The van der Waals surface area contributed by atoms with Gasteiger partial charge in [0.05, 0.1) is 0 Å². The fourth-order valence-corrected chi connectivity index (χ4v) is 4.33. The molecule has 0 spiro atoms. The Hall–Kier alpha value is -2.93. The molecule has 1 aromatic heterocycles. The number of hydrogen-bond acceptors (Lipinski definition) is 3. The maximum absolute atomic E-state index is 14.1. The van der Waals surface area contributed by atoms with Gasteiger partial charge in [-0.3, -0.25) is 9.69 Å². The highest BCUT2D eigenvalue weighted by Gasteiger charge is 2.29. The predicted molar refractivity (Wildman–Crippen MR) is 112 cm³/mol. The molecule has 1 amide bonds. The van der Waals surface area contributed by atoms with Crippen LogP contribution in [0, 0.1) is 11.6 Å². The Balaban J connectivity index is 1.44. The maximum Gasteiger partial charge on any atom is 0.249 e. The van der Waals surface area contributed by atoms with Crippen LogP contribution in [0.1, 0.15) is 34.8 Å². The van der Waals surface area contributed by atoms with E-state index in [0.717, 1.165) is 42.4 Å². The minimum absolute atomic E-state index is 0.0304. The molecule has 5 nitrogen and oxygen atoms in total. The number of hydrogen-bond donors (Lipinski definition) is 2. The molecular formula is C23H25F2N3O2. The number of aromatic amines is 1. The second-order valence-electron chi connectivity index (χ2n) is 7.67. The van der Waals surface area contributed by atoms with Crippen molar-refractivity contribution in [3.63, 3.8) is 0 Å². The summed E-state index contributed by atoms with van der Waals surface area (Å²) in [4.78, 5) is 17.2. The minimum Gasteiger partial charge on any atom is -0.489 e. The summed E-state index contributed by atoms with van der Waals surface area (Å²) in [6, 6.07) is 7.44. The molecule has 0 saturated heterocycles. The lowest BCUT2D eigenvalue weighted by Crippen LogP contribution is -2.44. The van der Waals surface area contributed by atoms with Gasteiger partial charge in [0.25, 0.3) is 0 Å². The Bertz CT molecular complexity index is 1080. The Morgan fingerprint density at radius 1 is 1.30 bits per heavy atom. The molecule has 0 bridgehead atoms. The molecule has 30 heavy (non-hydrogen) atoms. The van der Waals surface area contributed by atoms with Crippen molar-refractivity contribution in [2.75, 3.05) is 19.7 Å². The standard InChI is InChI=1S/C23H25F2N3O2/c1-2-28(9-3-4-14-12-27-21-8-5-15(24)10-18(14)21)16-11-19-17(23(26)29)6-7-20(25)22(19)30-13-16/h5-8,10,12,16,27H,2-4,9,11,13H2,1H3,(H2,26,29)/t16-/m1/s1. The largest absolute Gasteiger partial charge is 0.489 e. The molecule has 0 aliphatic carbocycles. The third-order valence-corrected chi connectivity index (χ3v) is 5.88. The lowest BCUT2D eigenvalue weighted by Gasteiger charge is -2.35. The summed E-state index contributed by atoms with van der Waals surface area (Å²) in [5.41, 5.74) is 8.35.